The largest absolute Gasteiger partial charge is 0.338 e. The highest BCUT2D eigenvalue weighted by Gasteiger charge is 2.22. The predicted octanol–water partition coefficient (Wildman–Crippen LogP) is 3.40. The molecule has 120 valence electrons. The maximum Gasteiger partial charge on any atom is 0.257 e. The summed E-state index contributed by atoms with van der Waals surface area (Å²) in [6.07, 6.45) is 5.47. The van der Waals surface area contributed by atoms with Crippen LogP contribution in [-0.4, -0.2) is 33.9 Å². The minimum Gasteiger partial charge on any atom is -0.338 e. The SMILES string of the molecule is Cc1cccc(Nc2ncc(C(=O)N3CCCC(C)C3)cn2)c1. The van der Waals surface area contributed by atoms with Crippen LogP contribution in [0.3, 0.4) is 0 Å². The monoisotopic (exact) mass is 310 g/mol. The van der Waals surface area contributed by atoms with Gasteiger partial charge in [0.05, 0.1) is 5.56 Å². The maximum atomic E-state index is 12.5. The molecule has 23 heavy (non-hydrogen) atoms. The number of anilines is 2. The average Bonchev–Trinajstić information content (AvgIpc) is 2.55. The van der Waals surface area contributed by atoms with Crippen LogP contribution in [0.5, 0.6) is 0 Å². The van der Waals surface area contributed by atoms with E-state index < -0.39 is 0 Å². The van der Waals surface area contributed by atoms with Gasteiger partial charge in [0.15, 0.2) is 0 Å². The van der Waals surface area contributed by atoms with Crippen molar-refractivity contribution in [3.63, 3.8) is 0 Å². The molecule has 0 spiro atoms. The fraction of sp³-hybridized carbons (Fsp3) is 0.389. The number of hydrogen-bond donors (Lipinski definition) is 1. The number of rotatable bonds is 3. The first kappa shape index (κ1) is 15.5. The summed E-state index contributed by atoms with van der Waals surface area (Å²) in [4.78, 5) is 22.9. The zero-order chi connectivity index (χ0) is 16.2. The molecule has 1 aliphatic heterocycles. The van der Waals surface area contributed by atoms with E-state index in [-0.39, 0.29) is 5.91 Å². The number of carbonyl (C=O) groups excluding carboxylic acids is 1. The lowest BCUT2D eigenvalue weighted by Gasteiger charge is -2.30. The second kappa shape index (κ2) is 6.77. The fourth-order valence-corrected chi connectivity index (χ4v) is 2.91. The number of hydrogen-bond acceptors (Lipinski definition) is 4. The molecule has 1 aromatic heterocycles. The summed E-state index contributed by atoms with van der Waals surface area (Å²) in [5.41, 5.74) is 2.66. The van der Waals surface area contributed by atoms with Crippen molar-refractivity contribution in [2.45, 2.75) is 26.7 Å². The second-order valence-electron chi connectivity index (χ2n) is 6.29. The number of nitrogens with one attached hydrogen (secondary N) is 1. The first-order valence-electron chi connectivity index (χ1n) is 8.07. The van der Waals surface area contributed by atoms with Crippen LogP contribution in [0.25, 0.3) is 0 Å². The molecule has 3 rings (SSSR count). The van der Waals surface area contributed by atoms with Crippen LogP contribution in [0.4, 0.5) is 11.6 Å². The molecule has 0 radical (unpaired) electrons. The quantitative estimate of drug-likeness (QED) is 0.944. The van der Waals surface area contributed by atoms with Gasteiger partial charge in [-0.25, -0.2) is 9.97 Å². The van der Waals surface area contributed by atoms with Gasteiger partial charge in [-0.1, -0.05) is 19.1 Å². The van der Waals surface area contributed by atoms with Gasteiger partial charge in [0.2, 0.25) is 5.95 Å². The van der Waals surface area contributed by atoms with Crippen LogP contribution in [-0.2, 0) is 0 Å². The van der Waals surface area contributed by atoms with E-state index in [2.05, 4.69) is 22.2 Å². The van der Waals surface area contributed by atoms with Gasteiger partial charge in [-0.2, -0.15) is 0 Å². The topological polar surface area (TPSA) is 58.1 Å². The molecule has 1 aromatic carbocycles. The number of aryl methyl sites for hydroxylation is 1. The third-order valence-electron chi connectivity index (χ3n) is 4.12. The zero-order valence-corrected chi connectivity index (χ0v) is 13.6. The Morgan fingerprint density at radius 1 is 1.30 bits per heavy atom. The number of carbonyl (C=O) groups is 1. The smallest absolute Gasteiger partial charge is 0.257 e. The van der Waals surface area contributed by atoms with Crippen molar-refractivity contribution in [1.82, 2.24) is 14.9 Å². The van der Waals surface area contributed by atoms with Crippen LogP contribution < -0.4 is 5.32 Å². The fourth-order valence-electron chi connectivity index (χ4n) is 2.91. The highest BCUT2D eigenvalue weighted by molar-refractivity contribution is 5.93. The van der Waals surface area contributed by atoms with Gasteiger partial charge in [0.1, 0.15) is 0 Å². The number of likely N-dealkylation sites (tertiary alicyclic amines) is 1. The Morgan fingerprint density at radius 2 is 2.09 bits per heavy atom. The lowest BCUT2D eigenvalue weighted by Crippen LogP contribution is -2.39. The highest BCUT2D eigenvalue weighted by atomic mass is 16.2. The third kappa shape index (κ3) is 3.86. The number of piperidine rings is 1. The Hall–Kier alpha value is -2.43. The molecule has 1 unspecified atom stereocenters. The Kier molecular flexibility index (Phi) is 4.55. The summed E-state index contributed by atoms with van der Waals surface area (Å²) in [6, 6.07) is 8.00. The normalized spacial score (nSPS) is 17.8. The summed E-state index contributed by atoms with van der Waals surface area (Å²) in [5, 5.41) is 3.15. The van der Waals surface area contributed by atoms with E-state index in [1.54, 1.807) is 12.4 Å². The molecule has 1 aliphatic rings. The molecule has 5 heteroatoms. The van der Waals surface area contributed by atoms with Gasteiger partial charge >= 0.3 is 0 Å². The summed E-state index contributed by atoms with van der Waals surface area (Å²) in [5.74, 6) is 1.09. The first-order valence-corrected chi connectivity index (χ1v) is 8.07. The number of aromatic nitrogens is 2. The molecule has 1 atom stereocenters. The van der Waals surface area contributed by atoms with Crippen molar-refractivity contribution in [2.75, 3.05) is 18.4 Å². The summed E-state index contributed by atoms with van der Waals surface area (Å²) < 4.78 is 0. The van der Waals surface area contributed by atoms with E-state index in [0.717, 1.165) is 25.2 Å². The van der Waals surface area contributed by atoms with E-state index >= 15 is 0 Å². The average molecular weight is 310 g/mol. The van der Waals surface area contributed by atoms with Gasteiger partial charge in [-0.15, -0.1) is 0 Å². The molecule has 1 saturated heterocycles. The van der Waals surface area contributed by atoms with Crippen molar-refractivity contribution in [3.8, 4) is 0 Å². The van der Waals surface area contributed by atoms with E-state index in [4.69, 9.17) is 0 Å². The zero-order valence-electron chi connectivity index (χ0n) is 13.6. The Morgan fingerprint density at radius 3 is 2.78 bits per heavy atom. The first-order chi connectivity index (χ1) is 11.1. The van der Waals surface area contributed by atoms with Crippen molar-refractivity contribution in [2.24, 2.45) is 5.92 Å². The Balaban J connectivity index is 1.68. The lowest BCUT2D eigenvalue weighted by molar-refractivity contribution is 0.0682. The summed E-state index contributed by atoms with van der Waals surface area (Å²) in [6.45, 7) is 5.87. The van der Waals surface area contributed by atoms with E-state index in [0.29, 0.717) is 17.4 Å². The van der Waals surface area contributed by atoms with Crippen LogP contribution in [0.15, 0.2) is 36.7 Å². The molecular formula is C18H22N4O. The summed E-state index contributed by atoms with van der Waals surface area (Å²) >= 11 is 0. The van der Waals surface area contributed by atoms with Crippen molar-refractivity contribution in [1.29, 1.82) is 0 Å². The van der Waals surface area contributed by atoms with Crippen molar-refractivity contribution in [3.05, 3.63) is 47.8 Å². The molecule has 2 aromatic rings. The minimum atomic E-state index is 0.0265. The highest BCUT2D eigenvalue weighted by Crippen LogP contribution is 2.18. The Bertz CT molecular complexity index is 684. The molecule has 0 aliphatic carbocycles. The number of amides is 1. The lowest BCUT2D eigenvalue weighted by atomic mass is 10.00. The van der Waals surface area contributed by atoms with Crippen molar-refractivity contribution < 1.29 is 4.79 Å². The Labute approximate surface area is 136 Å². The van der Waals surface area contributed by atoms with Gasteiger partial charge in [0.25, 0.3) is 5.91 Å². The van der Waals surface area contributed by atoms with Gasteiger partial charge < -0.3 is 10.2 Å². The van der Waals surface area contributed by atoms with Crippen LogP contribution in [0.1, 0.15) is 35.7 Å². The molecular weight excluding hydrogens is 288 g/mol. The molecule has 1 N–H and O–H groups in total. The van der Waals surface area contributed by atoms with Crippen LogP contribution in [0.2, 0.25) is 0 Å². The number of nitrogens with zero attached hydrogens (tertiary/aromatic N) is 3. The minimum absolute atomic E-state index is 0.0265. The van der Waals surface area contributed by atoms with Gasteiger partial charge in [-0.3, -0.25) is 4.79 Å². The molecule has 0 bridgehead atoms. The third-order valence-corrected chi connectivity index (χ3v) is 4.12. The summed E-state index contributed by atoms with van der Waals surface area (Å²) in [7, 11) is 0. The second-order valence-corrected chi connectivity index (χ2v) is 6.29. The van der Waals surface area contributed by atoms with E-state index in [1.165, 1.54) is 12.0 Å². The molecule has 1 fully saturated rings. The van der Waals surface area contributed by atoms with Crippen LogP contribution >= 0.6 is 0 Å². The van der Waals surface area contributed by atoms with E-state index in [9.17, 15) is 4.79 Å². The molecule has 1 amide bonds. The molecule has 0 saturated carbocycles. The molecule has 2 heterocycles. The van der Waals surface area contributed by atoms with Crippen LogP contribution in [0, 0.1) is 12.8 Å². The van der Waals surface area contributed by atoms with Gasteiger partial charge in [-0.05, 0) is 43.4 Å². The standard InChI is InChI=1S/C18H22N4O/c1-13-5-3-7-16(9-13)21-18-19-10-15(11-20-18)17(23)22-8-4-6-14(2)12-22/h3,5,7,9-11,14H,4,6,8,12H2,1-2H3,(H,19,20,21). The number of benzene rings is 1. The maximum absolute atomic E-state index is 12.5. The van der Waals surface area contributed by atoms with Gasteiger partial charge in [0, 0.05) is 31.2 Å². The predicted molar refractivity (Wildman–Crippen MR) is 90.8 cm³/mol. The van der Waals surface area contributed by atoms with E-state index in [1.807, 2.05) is 36.1 Å². The van der Waals surface area contributed by atoms with Crippen molar-refractivity contribution >= 4 is 17.5 Å². The molecule has 5 nitrogen and oxygen atoms in total.